The number of rotatable bonds is 0. The molecule has 0 atom stereocenters. The lowest BCUT2D eigenvalue weighted by Gasteiger charge is -1.92. The summed E-state index contributed by atoms with van der Waals surface area (Å²) in [6, 6.07) is 3.80. The summed E-state index contributed by atoms with van der Waals surface area (Å²) in [7, 11) is 0. The first-order chi connectivity index (χ1) is 5.66. The van der Waals surface area contributed by atoms with Crippen LogP contribution >= 0.6 is 38.9 Å². The molecular formula is C8H5BrClNS. The predicted molar refractivity (Wildman–Crippen MR) is 57.1 cm³/mol. The minimum absolute atomic E-state index is 0.748. The molecule has 0 fully saturated rings. The van der Waals surface area contributed by atoms with Crippen molar-refractivity contribution in [3.63, 3.8) is 0 Å². The standard InChI is InChI=1S/C8H5BrClNS/c1-4-11-8-6(9)2-5(10)3-7(8)12-4/h2-3H,1H3. The minimum Gasteiger partial charge on any atom is -0.240 e. The minimum atomic E-state index is 0.748. The second-order valence-corrected chi connectivity index (χ2v) is 4.99. The van der Waals surface area contributed by atoms with E-state index in [1.165, 1.54) is 0 Å². The van der Waals surface area contributed by atoms with Gasteiger partial charge in [-0.05, 0) is 35.0 Å². The van der Waals surface area contributed by atoms with Gasteiger partial charge in [0, 0.05) is 9.50 Å². The van der Waals surface area contributed by atoms with Gasteiger partial charge in [0.05, 0.1) is 15.2 Å². The Bertz CT molecular complexity index is 438. The van der Waals surface area contributed by atoms with Crippen LogP contribution in [-0.4, -0.2) is 4.98 Å². The van der Waals surface area contributed by atoms with Crippen molar-refractivity contribution < 1.29 is 0 Å². The van der Waals surface area contributed by atoms with Gasteiger partial charge in [-0.15, -0.1) is 11.3 Å². The number of halogens is 2. The summed E-state index contributed by atoms with van der Waals surface area (Å²) in [5, 5.41) is 1.81. The van der Waals surface area contributed by atoms with Crippen molar-refractivity contribution in [1.82, 2.24) is 4.98 Å². The van der Waals surface area contributed by atoms with Crippen LogP contribution in [0.3, 0.4) is 0 Å². The molecule has 0 amide bonds. The maximum atomic E-state index is 5.88. The van der Waals surface area contributed by atoms with E-state index in [-0.39, 0.29) is 0 Å². The second-order valence-electron chi connectivity index (χ2n) is 2.47. The SMILES string of the molecule is Cc1nc2c(Br)cc(Cl)cc2s1. The van der Waals surface area contributed by atoms with Gasteiger partial charge in [0.15, 0.2) is 0 Å². The third-order valence-corrected chi connectivity index (χ3v) is 3.26. The fourth-order valence-electron chi connectivity index (χ4n) is 1.07. The van der Waals surface area contributed by atoms with E-state index in [9.17, 15) is 0 Å². The Morgan fingerprint density at radius 1 is 1.50 bits per heavy atom. The van der Waals surface area contributed by atoms with Gasteiger partial charge < -0.3 is 0 Å². The lowest BCUT2D eigenvalue weighted by molar-refractivity contribution is 1.34. The van der Waals surface area contributed by atoms with E-state index in [1.54, 1.807) is 11.3 Å². The first kappa shape index (κ1) is 8.48. The number of thiazole rings is 1. The van der Waals surface area contributed by atoms with Crippen molar-refractivity contribution in [3.8, 4) is 0 Å². The smallest absolute Gasteiger partial charge is 0.0958 e. The highest BCUT2D eigenvalue weighted by Crippen LogP contribution is 2.31. The largest absolute Gasteiger partial charge is 0.240 e. The number of hydrogen-bond donors (Lipinski definition) is 0. The van der Waals surface area contributed by atoms with Crippen LogP contribution in [0.4, 0.5) is 0 Å². The molecule has 0 aliphatic heterocycles. The highest BCUT2D eigenvalue weighted by atomic mass is 79.9. The number of hydrogen-bond acceptors (Lipinski definition) is 2. The predicted octanol–water partition coefficient (Wildman–Crippen LogP) is 4.02. The van der Waals surface area contributed by atoms with Crippen LogP contribution in [0.1, 0.15) is 5.01 Å². The molecule has 0 saturated carbocycles. The van der Waals surface area contributed by atoms with Crippen LogP contribution in [0.2, 0.25) is 5.02 Å². The molecule has 1 heterocycles. The summed E-state index contributed by atoms with van der Waals surface area (Å²) in [6.07, 6.45) is 0. The van der Waals surface area contributed by atoms with Crippen molar-refractivity contribution in [1.29, 1.82) is 0 Å². The Labute approximate surface area is 87.5 Å². The molecule has 2 aromatic rings. The highest BCUT2D eigenvalue weighted by molar-refractivity contribution is 9.10. The zero-order valence-electron chi connectivity index (χ0n) is 6.27. The molecule has 0 radical (unpaired) electrons. The lowest BCUT2D eigenvalue weighted by Crippen LogP contribution is -1.71. The monoisotopic (exact) mass is 261 g/mol. The summed E-state index contributed by atoms with van der Waals surface area (Å²) in [6.45, 7) is 1.99. The van der Waals surface area contributed by atoms with Crippen LogP contribution in [0, 0.1) is 6.92 Å². The quantitative estimate of drug-likeness (QED) is 0.699. The fraction of sp³-hybridized carbons (Fsp3) is 0.125. The number of fused-ring (bicyclic) bond motifs is 1. The summed E-state index contributed by atoms with van der Waals surface area (Å²) in [4.78, 5) is 4.37. The summed E-state index contributed by atoms with van der Waals surface area (Å²) in [5.41, 5.74) is 1.00. The van der Waals surface area contributed by atoms with E-state index in [4.69, 9.17) is 11.6 Å². The van der Waals surface area contributed by atoms with E-state index >= 15 is 0 Å². The van der Waals surface area contributed by atoms with Crippen molar-refractivity contribution >= 4 is 49.1 Å². The van der Waals surface area contributed by atoms with Crippen molar-refractivity contribution in [2.75, 3.05) is 0 Å². The molecule has 62 valence electrons. The van der Waals surface area contributed by atoms with Gasteiger partial charge in [-0.2, -0.15) is 0 Å². The number of aromatic nitrogens is 1. The van der Waals surface area contributed by atoms with E-state index in [1.807, 2.05) is 19.1 Å². The molecule has 2 rings (SSSR count). The molecule has 0 bridgehead atoms. The normalized spacial score (nSPS) is 10.9. The van der Waals surface area contributed by atoms with Gasteiger partial charge in [-0.1, -0.05) is 11.6 Å². The molecule has 0 saturated heterocycles. The van der Waals surface area contributed by atoms with Gasteiger partial charge in [0.1, 0.15) is 0 Å². The zero-order chi connectivity index (χ0) is 8.72. The summed E-state index contributed by atoms with van der Waals surface area (Å²) < 4.78 is 2.10. The third-order valence-electron chi connectivity index (χ3n) is 1.52. The number of nitrogens with zero attached hydrogens (tertiary/aromatic N) is 1. The fourth-order valence-corrected chi connectivity index (χ4v) is 3.06. The molecule has 0 aliphatic carbocycles. The van der Waals surface area contributed by atoms with Gasteiger partial charge in [0.2, 0.25) is 0 Å². The molecule has 0 unspecified atom stereocenters. The Balaban J connectivity index is 2.88. The summed E-state index contributed by atoms with van der Waals surface area (Å²) >= 11 is 11.0. The molecule has 1 aromatic heterocycles. The second kappa shape index (κ2) is 2.98. The van der Waals surface area contributed by atoms with Gasteiger partial charge in [-0.25, -0.2) is 4.98 Å². The molecule has 0 spiro atoms. The molecular weight excluding hydrogens is 258 g/mol. The Kier molecular flexibility index (Phi) is 2.10. The van der Waals surface area contributed by atoms with E-state index < -0.39 is 0 Å². The first-order valence-electron chi connectivity index (χ1n) is 3.39. The maximum absolute atomic E-state index is 5.88. The zero-order valence-corrected chi connectivity index (χ0v) is 9.42. The Morgan fingerprint density at radius 3 is 3.00 bits per heavy atom. The van der Waals surface area contributed by atoms with Gasteiger partial charge >= 0.3 is 0 Å². The average Bonchev–Trinajstić information content (AvgIpc) is 2.29. The Morgan fingerprint density at radius 2 is 2.25 bits per heavy atom. The molecule has 0 aliphatic rings. The average molecular weight is 263 g/mol. The lowest BCUT2D eigenvalue weighted by atomic mass is 10.3. The van der Waals surface area contributed by atoms with Crippen molar-refractivity contribution in [2.24, 2.45) is 0 Å². The van der Waals surface area contributed by atoms with E-state index in [0.717, 1.165) is 24.7 Å². The molecule has 0 N–H and O–H groups in total. The Hall–Kier alpha value is -0.120. The third kappa shape index (κ3) is 1.37. The van der Waals surface area contributed by atoms with Crippen LogP contribution in [0.15, 0.2) is 16.6 Å². The summed E-state index contributed by atoms with van der Waals surface area (Å²) in [5.74, 6) is 0. The number of benzene rings is 1. The highest BCUT2D eigenvalue weighted by Gasteiger charge is 2.05. The first-order valence-corrected chi connectivity index (χ1v) is 5.38. The van der Waals surface area contributed by atoms with Crippen LogP contribution in [-0.2, 0) is 0 Å². The van der Waals surface area contributed by atoms with Crippen LogP contribution in [0.25, 0.3) is 10.2 Å². The van der Waals surface area contributed by atoms with Crippen molar-refractivity contribution in [2.45, 2.75) is 6.92 Å². The van der Waals surface area contributed by atoms with Gasteiger partial charge in [-0.3, -0.25) is 0 Å². The molecule has 12 heavy (non-hydrogen) atoms. The van der Waals surface area contributed by atoms with E-state index in [0.29, 0.717) is 0 Å². The maximum Gasteiger partial charge on any atom is 0.0958 e. The van der Waals surface area contributed by atoms with Crippen LogP contribution < -0.4 is 0 Å². The molecule has 4 heteroatoms. The van der Waals surface area contributed by atoms with Crippen molar-refractivity contribution in [3.05, 3.63) is 26.6 Å². The van der Waals surface area contributed by atoms with Gasteiger partial charge in [0.25, 0.3) is 0 Å². The molecule has 1 nitrogen and oxygen atoms in total. The molecule has 1 aromatic carbocycles. The van der Waals surface area contributed by atoms with E-state index in [2.05, 4.69) is 20.9 Å². The topological polar surface area (TPSA) is 12.9 Å². The van der Waals surface area contributed by atoms with Crippen LogP contribution in [0.5, 0.6) is 0 Å². The number of aryl methyl sites for hydroxylation is 1.